The quantitative estimate of drug-likeness (QED) is 0.292. The Kier molecular flexibility index (Phi) is 6.80. The molecule has 0 amide bonds. The van der Waals surface area contributed by atoms with Gasteiger partial charge in [0.2, 0.25) is 0 Å². The van der Waals surface area contributed by atoms with E-state index in [0.29, 0.717) is 36.5 Å². The van der Waals surface area contributed by atoms with Gasteiger partial charge >= 0.3 is 5.97 Å². The molecule has 2 N–H and O–H groups in total. The zero-order valence-corrected chi connectivity index (χ0v) is 20.7. The predicted octanol–water partition coefficient (Wildman–Crippen LogP) is 6.76. The Bertz CT molecular complexity index is 1470. The zero-order valence-electron chi connectivity index (χ0n) is 20.7. The summed E-state index contributed by atoms with van der Waals surface area (Å²) in [6.07, 6.45) is 0.219. The van der Waals surface area contributed by atoms with Crippen LogP contribution in [0.5, 0.6) is 5.75 Å². The average molecular weight is 503 g/mol. The van der Waals surface area contributed by atoms with Crippen molar-refractivity contribution >= 4 is 28.1 Å². The summed E-state index contributed by atoms with van der Waals surface area (Å²) in [5.41, 5.74) is 1.79. The minimum absolute atomic E-state index is 0.0863. The van der Waals surface area contributed by atoms with Crippen LogP contribution in [0, 0.1) is 18.6 Å². The topological polar surface area (TPSA) is 61.8 Å². The van der Waals surface area contributed by atoms with E-state index in [4.69, 9.17) is 4.74 Å². The number of carboxylic acids is 1. The van der Waals surface area contributed by atoms with E-state index in [0.717, 1.165) is 0 Å². The first-order chi connectivity index (χ1) is 17.8. The molecule has 1 aliphatic rings. The Labute approximate surface area is 214 Å². The summed E-state index contributed by atoms with van der Waals surface area (Å²) in [4.78, 5) is 13.4. The van der Waals surface area contributed by atoms with Crippen molar-refractivity contribution < 1.29 is 23.4 Å². The number of ether oxygens (including phenoxy) is 1. The number of anilines is 2. The second-order valence-corrected chi connectivity index (χ2v) is 9.39. The summed E-state index contributed by atoms with van der Waals surface area (Å²) < 4.78 is 35.6. The van der Waals surface area contributed by atoms with Crippen LogP contribution >= 0.6 is 0 Å². The number of hydrogen-bond acceptors (Lipinski definition) is 4. The van der Waals surface area contributed by atoms with Crippen LogP contribution in [0.25, 0.3) is 10.8 Å². The van der Waals surface area contributed by atoms with E-state index in [2.05, 4.69) is 36.5 Å². The van der Waals surface area contributed by atoms with Crippen LogP contribution < -0.4 is 15.0 Å². The van der Waals surface area contributed by atoms with E-state index in [1.54, 1.807) is 24.0 Å². The second-order valence-electron chi connectivity index (χ2n) is 9.39. The molecular formula is C30H28F2N2O3. The molecule has 4 aromatic carbocycles. The molecule has 5 nitrogen and oxygen atoms in total. The molecule has 1 aliphatic heterocycles. The molecule has 1 unspecified atom stereocenters. The van der Waals surface area contributed by atoms with Crippen LogP contribution in [-0.2, 0) is 0 Å². The molecule has 0 bridgehead atoms. The Morgan fingerprint density at radius 3 is 2.65 bits per heavy atom. The fourth-order valence-corrected chi connectivity index (χ4v) is 5.03. The molecule has 4 aromatic rings. The standard InChI is InChI=1S/C30H28F2N2O3/c1-18-10-12-26(29(32)28(18)30(35)36)34-17-22(37-27-16-21(31)11-13-25(27)34)14-15-33-19(2)23-9-5-7-20-6-3-4-8-24(20)23/h3-13,16,19,22,33H,14-15,17H2,1-2H3,(H,35,36)/t19-,22?/m1/s1. The SMILES string of the molecule is Cc1ccc(N2CC(CCN[C@H](C)c3cccc4ccccc34)Oc3cc(F)ccc32)c(F)c1C(=O)O. The highest BCUT2D eigenvalue weighted by Gasteiger charge is 2.30. The first-order valence-corrected chi connectivity index (χ1v) is 12.3. The van der Waals surface area contributed by atoms with Crippen molar-refractivity contribution in [1.29, 1.82) is 0 Å². The maximum atomic E-state index is 15.4. The van der Waals surface area contributed by atoms with E-state index < -0.39 is 17.6 Å². The number of halogens is 2. The smallest absolute Gasteiger partial charge is 0.339 e. The van der Waals surface area contributed by atoms with Crippen LogP contribution in [0.2, 0.25) is 0 Å². The molecule has 190 valence electrons. The highest BCUT2D eigenvalue weighted by Crippen LogP contribution is 2.41. The lowest BCUT2D eigenvalue weighted by atomic mass is 9.99. The van der Waals surface area contributed by atoms with E-state index in [9.17, 15) is 14.3 Å². The number of hydrogen-bond donors (Lipinski definition) is 2. The highest BCUT2D eigenvalue weighted by molar-refractivity contribution is 5.92. The van der Waals surface area contributed by atoms with Gasteiger partial charge in [-0.15, -0.1) is 0 Å². The van der Waals surface area contributed by atoms with Crippen LogP contribution in [0.15, 0.2) is 72.8 Å². The van der Waals surface area contributed by atoms with E-state index in [1.807, 2.05) is 18.2 Å². The molecule has 2 atom stereocenters. The number of rotatable bonds is 7. The van der Waals surface area contributed by atoms with Gasteiger partial charge in [0, 0.05) is 12.1 Å². The molecular weight excluding hydrogens is 474 g/mol. The van der Waals surface area contributed by atoms with Crippen molar-refractivity contribution in [2.45, 2.75) is 32.4 Å². The molecule has 0 fully saturated rings. The normalized spacial score (nSPS) is 15.8. The van der Waals surface area contributed by atoms with Gasteiger partial charge in [0.05, 0.1) is 17.9 Å². The van der Waals surface area contributed by atoms with Gasteiger partial charge in [-0.3, -0.25) is 0 Å². The van der Waals surface area contributed by atoms with Gasteiger partial charge in [-0.25, -0.2) is 13.6 Å². The van der Waals surface area contributed by atoms with Gasteiger partial charge < -0.3 is 20.1 Å². The van der Waals surface area contributed by atoms with Gasteiger partial charge in [0.15, 0.2) is 5.82 Å². The number of benzene rings is 4. The largest absolute Gasteiger partial charge is 0.486 e. The van der Waals surface area contributed by atoms with E-state index >= 15 is 4.39 Å². The number of aromatic carboxylic acids is 1. The molecule has 0 aliphatic carbocycles. The van der Waals surface area contributed by atoms with Gasteiger partial charge in [0.1, 0.15) is 23.2 Å². The van der Waals surface area contributed by atoms with Gasteiger partial charge in [-0.2, -0.15) is 0 Å². The van der Waals surface area contributed by atoms with Crippen molar-refractivity contribution in [2.24, 2.45) is 0 Å². The molecule has 37 heavy (non-hydrogen) atoms. The highest BCUT2D eigenvalue weighted by atomic mass is 19.1. The predicted molar refractivity (Wildman–Crippen MR) is 141 cm³/mol. The molecule has 0 spiro atoms. The zero-order chi connectivity index (χ0) is 26.1. The number of nitrogens with zero attached hydrogens (tertiary/aromatic N) is 1. The van der Waals surface area contributed by atoms with Crippen LogP contribution in [0.4, 0.5) is 20.2 Å². The lowest BCUT2D eigenvalue weighted by Crippen LogP contribution is -2.39. The van der Waals surface area contributed by atoms with E-state index in [-0.39, 0.29) is 23.4 Å². The van der Waals surface area contributed by atoms with Crippen LogP contribution in [0.1, 0.15) is 40.9 Å². The first-order valence-electron chi connectivity index (χ1n) is 12.3. The lowest BCUT2D eigenvalue weighted by Gasteiger charge is -2.37. The van der Waals surface area contributed by atoms with Crippen molar-refractivity contribution in [1.82, 2.24) is 5.32 Å². The Morgan fingerprint density at radius 1 is 1.08 bits per heavy atom. The Balaban J connectivity index is 1.36. The molecule has 1 heterocycles. The van der Waals surface area contributed by atoms with Gasteiger partial charge in [-0.05, 0) is 66.9 Å². The molecule has 0 saturated carbocycles. The lowest BCUT2D eigenvalue weighted by molar-refractivity contribution is 0.0691. The number of carbonyl (C=O) groups is 1. The van der Waals surface area contributed by atoms with Crippen molar-refractivity contribution in [3.63, 3.8) is 0 Å². The maximum absolute atomic E-state index is 15.4. The molecule has 0 saturated heterocycles. The maximum Gasteiger partial charge on any atom is 0.339 e. The van der Waals surface area contributed by atoms with Crippen molar-refractivity contribution in [3.05, 3.63) is 101 Å². The summed E-state index contributed by atoms with van der Waals surface area (Å²) in [5.74, 6) is -2.30. The number of nitrogens with one attached hydrogen (secondary N) is 1. The van der Waals surface area contributed by atoms with Gasteiger partial charge in [0.25, 0.3) is 0 Å². The Morgan fingerprint density at radius 2 is 1.84 bits per heavy atom. The third kappa shape index (κ3) is 4.87. The monoisotopic (exact) mass is 502 g/mol. The summed E-state index contributed by atoms with van der Waals surface area (Å²) in [6, 6.07) is 21.8. The van der Waals surface area contributed by atoms with E-state index in [1.165, 1.54) is 34.5 Å². The molecule has 0 aromatic heterocycles. The van der Waals surface area contributed by atoms with Crippen molar-refractivity contribution in [3.8, 4) is 5.75 Å². The molecule has 7 heteroatoms. The van der Waals surface area contributed by atoms with Crippen LogP contribution in [-0.4, -0.2) is 30.3 Å². The fraction of sp³-hybridized carbons (Fsp3) is 0.233. The van der Waals surface area contributed by atoms with Crippen LogP contribution in [0.3, 0.4) is 0 Å². The fourth-order valence-electron chi connectivity index (χ4n) is 5.03. The van der Waals surface area contributed by atoms with Gasteiger partial charge in [-0.1, -0.05) is 48.5 Å². The Hall–Kier alpha value is -3.97. The summed E-state index contributed by atoms with van der Waals surface area (Å²) in [5, 5.41) is 15.5. The summed E-state index contributed by atoms with van der Waals surface area (Å²) >= 11 is 0. The number of aryl methyl sites for hydroxylation is 1. The third-order valence-corrected chi connectivity index (χ3v) is 6.93. The third-order valence-electron chi connectivity index (χ3n) is 6.93. The summed E-state index contributed by atoms with van der Waals surface area (Å²) in [6.45, 7) is 4.58. The minimum Gasteiger partial charge on any atom is -0.486 e. The first kappa shape index (κ1) is 24.7. The second kappa shape index (κ2) is 10.2. The summed E-state index contributed by atoms with van der Waals surface area (Å²) in [7, 11) is 0. The molecule has 0 radical (unpaired) electrons. The average Bonchev–Trinajstić information content (AvgIpc) is 2.87. The minimum atomic E-state index is -1.33. The number of fused-ring (bicyclic) bond motifs is 2. The van der Waals surface area contributed by atoms with Crippen molar-refractivity contribution in [2.75, 3.05) is 18.0 Å². The molecule has 5 rings (SSSR count). The number of carboxylic acid groups (broad SMARTS) is 1.